The second-order valence-corrected chi connectivity index (χ2v) is 5.96. The average Bonchev–Trinajstić information content (AvgIpc) is 2.93. The third kappa shape index (κ3) is 3.35. The molecule has 1 fully saturated rings. The van der Waals surface area contributed by atoms with Crippen LogP contribution in [0.5, 0.6) is 0 Å². The zero-order chi connectivity index (χ0) is 14.6. The summed E-state index contributed by atoms with van der Waals surface area (Å²) in [6, 6.07) is 0.780. The number of ether oxygens (including phenoxy) is 1. The summed E-state index contributed by atoms with van der Waals surface area (Å²) < 4.78 is 8.03. The first kappa shape index (κ1) is 15.4. The van der Waals surface area contributed by atoms with Gasteiger partial charge in [0.05, 0.1) is 18.2 Å². The molecule has 6 nitrogen and oxygen atoms in total. The molecule has 0 bridgehead atoms. The molecule has 20 heavy (non-hydrogen) atoms. The number of tetrazole rings is 1. The van der Waals surface area contributed by atoms with Gasteiger partial charge in [0.1, 0.15) is 0 Å². The number of hydrogen-bond donors (Lipinski definition) is 1. The first-order valence-corrected chi connectivity index (χ1v) is 7.74. The van der Waals surface area contributed by atoms with Crippen LogP contribution >= 0.6 is 0 Å². The third-order valence-corrected chi connectivity index (χ3v) is 4.33. The van der Waals surface area contributed by atoms with Gasteiger partial charge in [-0.2, -0.15) is 0 Å². The Hall–Kier alpha value is -1.01. The van der Waals surface area contributed by atoms with E-state index in [2.05, 4.69) is 48.5 Å². The minimum absolute atomic E-state index is 0.00237. The lowest BCUT2D eigenvalue weighted by atomic mass is 9.86. The maximum Gasteiger partial charge on any atom is 0.165 e. The molecular formula is C14H27N5O. The summed E-state index contributed by atoms with van der Waals surface area (Å²) >= 11 is 0. The number of hydrogen-bond acceptors (Lipinski definition) is 5. The molecule has 1 aromatic rings. The second kappa shape index (κ2) is 6.63. The van der Waals surface area contributed by atoms with E-state index >= 15 is 0 Å². The molecule has 1 saturated heterocycles. The number of rotatable bonds is 6. The molecular weight excluding hydrogens is 254 g/mol. The zero-order valence-corrected chi connectivity index (χ0v) is 13.1. The van der Waals surface area contributed by atoms with Crippen molar-refractivity contribution in [2.24, 2.45) is 0 Å². The molecule has 1 aliphatic rings. The fourth-order valence-electron chi connectivity index (χ4n) is 2.86. The summed E-state index contributed by atoms with van der Waals surface area (Å²) in [5.74, 6) is 0.923. The van der Waals surface area contributed by atoms with Crippen molar-refractivity contribution in [1.82, 2.24) is 25.5 Å². The lowest BCUT2D eigenvalue weighted by Gasteiger charge is -2.40. The summed E-state index contributed by atoms with van der Waals surface area (Å²) in [5.41, 5.74) is -0.00237. The fraction of sp³-hybridized carbons (Fsp3) is 0.929. The van der Waals surface area contributed by atoms with Crippen LogP contribution in [0, 0.1) is 0 Å². The van der Waals surface area contributed by atoms with Crippen LogP contribution in [0.4, 0.5) is 0 Å². The topological polar surface area (TPSA) is 64.9 Å². The van der Waals surface area contributed by atoms with Gasteiger partial charge in [-0.1, -0.05) is 27.7 Å². The van der Waals surface area contributed by atoms with E-state index in [0.29, 0.717) is 18.6 Å². The van der Waals surface area contributed by atoms with Crippen molar-refractivity contribution in [1.29, 1.82) is 0 Å². The molecule has 0 radical (unpaired) electrons. The number of nitrogens with one attached hydrogen (secondary N) is 1. The number of aromatic nitrogens is 4. The van der Waals surface area contributed by atoms with Crippen LogP contribution in [0.25, 0.3) is 0 Å². The monoisotopic (exact) mass is 281 g/mol. The Bertz CT molecular complexity index is 413. The Morgan fingerprint density at radius 1 is 1.40 bits per heavy atom. The van der Waals surface area contributed by atoms with Gasteiger partial charge in [-0.05, 0) is 36.1 Å². The van der Waals surface area contributed by atoms with Crippen LogP contribution in [0.3, 0.4) is 0 Å². The third-order valence-electron chi connectivity index (χ3n) is 4.33. The van der Waals surface area contributed by atoms with Gasteiger partial charge in [-0.3, -0.25) is 0 Å². The highest BCUT2D eigenvalue weighted by molar-refractivity contribution is 4.91. The molecule has 6 heteroatoms. The van der Waals surface area contributed by atoms with Gasteiger partial charge in [0, 0.05) is 12.6 Å². The average molecular weight is 281 g/mol. The van der Waals surface area contributed by atoms with Gasteiger partial charge in [0.2, 0.25) is 0 Å². The van der Waals surface area contributed by atoms with E-state index in [4.69, 9.17) is 4.74 Å². The smallest absolute Gasteiger partial charge is 0.165 e. The largest absolute Gasteiger partial charge is 0.375 e. The van der Waals surface area contributed by atoms with E-state index in [-0.39, 0.29) is 5.60 Å². The Morgan fingerprint density at radius 2 is 2.15 bits per heavy atom. The highest BCUT2D eigenvalue weighted by atomic mass is 16.5. The summed E-state index contributed by atoms with van der Waals surface area (Å²) in [6.45, 7) is 10.2. The Labute approximate surface area is 121 Å². The number of nitrogens with zero attached hydrogens (tertiary/aromatic N) is 4. The van der Waals surface area contributed by atoms with E-state index in [1.807, 2.05) is 4.68 Å². The van der Waals surface area contributed by atoms with Crippen LogP contribution in [-0.2, 0) is 11.3 Å². The van der Waals surface area contributed by atoms with Gasteiger partial charge in [0.25, 0.3) is 0 Å². The second-order valence-electron chi connectivity index (χ2n) is 5.96. The quantitative estimate of drug-likeness (QED) is 0.865. The van der Waals surface area contributed by atoms with Gasteiger partial charge < -0.3 is 10.1 Å². The maximum absolute atomic E-state index is 6.03. The van der Waals surface area contributed by atoms with Gasteiger partial charge in [0.15, 0.2) is 5.82 Å². The van der Waals surface area contributed by atoms with Crippen molar-refractivity contribution in [3.05, 3.63) is 5.82 Å². The predicted octanol–water partition coefficient (Wildman–Crippen LogP) is 2.08. The van der Waals surface area contributed by atoms with Gasteiger partial charge >= 0.3 is 0 Å². The minimum Gasteiger partial charge on any atom is -0.375 e. The van der Waals surface area contributed by atoms with Crippen LogP contribution in [0.1, 0.15) is 65.2 Å². The Kier molecular flexibility index (Phi) is 5.10. The maximum atomic E-state index is 6.03. The van der Waals surface area contributed by atoms with E-state index < -0.39 is 0 Å². The molecule has 0 spiro atoms. The van der Waals surface area contributed by atoms with Crippen molar-refractivity contribution in [3.63, 3.8) is 0 Å². The van der Waals surface area contributed by atoms with E-state index in [0.717, 1.165) is 38.1 Å². The molecule has 2 heterocycles. The summed E-state index contributed by atoms with van der Waals surface area (Å²) in [7, 11) is 0. The lowest BCUT2D eigenvalue weighted by molar-refractivity contribution is -0.101. The summed E-state index contributed by atoms with van der Waals surface area (Å²) in [4.78, 5) is 0. The zero-order valence-electron chi connectivity index (χ0n) is 13.1. The summed E-state index contributed by atoms with van der Waals surface area (Å²) in [6.07, 6.45) is 4.07. The lowest BCUT2D eigenvalue weighted by Crippen LogP contribution is -2.40. The van der Waals surface area contributed by atoms with Crippen LogP contribution < -0.4 is 5.32 Å². The van der Waals surface area contributed by atoms with Gasteiger partial charge in [-0.25, -0.2) is 4.68 Å². The molecule has 1 unspecified atom stereocenters. The molecule has 2 rings (SSSR count). The van der Waals surface area contributed by atoms with Crippen molar-refractivity contribution >= 4 is 0 Å². The Balaban J connectivity index is 2.09. The van der Waals surface area contributed by atoms with Crippen LogP contribution in [0.15, 0.2) is 0 Å². The van der Waals surface area contributed by atoms with Crippen molar-refractivity contribution in [2.45, 2.75) is 77.6 Å². The Morgan fingerprint density at radius 3 is 2.80 bits per heavy atom. The van der Waals surface area contributed by atoms with Crippen LogP contribution in [0.2, 0.25) is 0 Å². The molecule has 0 aliphatic carbocycles. The van der Waals surface area contributed by atoms with E-state index in [1.165, 1.54) is 0 Å². The minimum atomic E-state index is -0.00237. The van der Waals surface area contributed by atoms with E-state index in [1.54, 1.807) is 0 Å². The molecule has 1 atom stereocenters. The standard InChI is InChI=1S/C14H27N5O/c1-5-14(6-2)9-12(7-8-20-14)19-13(16-17-18-19)10-15-11(3)4/h11-12,15H,5-10H2,1-4H3. The summed E-state index contributed by atoms with van der Waals surface area (Å²) in [5, 5.41) is 15.6. The molecule has 1 aliphatic heterocycles. The highest BCUT2D eigenvalue weighted by Crippen LogP contribution is 2.36. The van der Waals surface area contributed by atoms with Crippen molar-refractivity contribution in [3.8, 4) is 0 Å². The first-order valence-electron chi connectivity index (χ1n) is 7.74. The first-order chi connectivity index (χ1) is 9.60. The van der Waals surface area contributed by atoms with E-state index in [9.17, 15) is 0 Å². The highest BCUT2D eigenvalue weighted by Gasteiger charge is 2.36. The predicted molar refractivity (Wildman–Crippen MR) is 77.3 cm³/mol. The molecule has 1 aromatic heterocycles. The fourth-order valence-corrected chi connectivity index (χ4v) is 2.86. The molecule has 0 saturated carbocycles. The van der Waals surface area contributed by atoms with Gasteiger partial charge in [-0.15, -0.1) is 5.10 Å². The molecule has 114 valence electrons. The van der Waals surface area contributed by atoms with Crippen LogP contribution in [-0.4, -0.2) is 38.5 Å². The van der Waals surface area contributed by atoms with Crippen molar-refractivity contribution in [2.75, 3.05) is 6.61 Å². The van der Waals surface area contributed by atoms with Crippen molar-refractivity contribution < 1.29 is 4.74 Å². The molecule has 0 aromatic carbocycles. The SMILES string of the molecule is CCC1(CC)CC(n2nnnc2CNC(C)C)CCO1. The molecule has 0 amide bonds. The normalized spacial score (nSPS) is 22.4. The molecule has 1 N–H and O–H groups in total.